The van der Waals surface area contributed by atoms with E-state index < -0.39 is 0 Å². The molecule has 0 amide bonds. The predicted molar refractivity (Wildman–Crippen MR) is 123 cm³/mol. The van der Waals surface area contributed by atoms with Crippen LogP contribution >= 0.6 is 23.8 Å². The van der Waals surface area contributed by atoms with Crippen LogP contribution < -0.4 is 10.2 Å². The van der Waals surface area contributed by atoms with Crippen molar-refractivity contribution in [1.82, 2.24) is 14.9 Å². The molecule has 3 heterocycles. The maximum absolute atomic E-state index is 10.7. The van der Waals surface area contributed by atoms with E-state index in [1.807, 2.05) is 23.1 Å². The number of aromatic nitrogens is 2. The molecule has 2 aliphatic rings. The Kier molecular flexibility index (Phi) is 5.13. The summed E-state index contributed by atoms with van der Waals surface area (Å²) >= 11 is 12.0. The van der Waals surface area contributed by atoms with E-state index in [4.69, 9.17) is 23.8 Å². The first-order valence-electron chi connectivity index (χ1n) is 10.3. The maximum Gasteiger partial charge on any atom is 0.174 e. The van der Waals surface area contributed by atoms with E-state index >= 15 is 0 Å². The molecule has 5 rings (SSSR count). The number of thiocarbonyl (C=S) groups is 1. The average Bonchev–Trinajstić information content (AvgIpc) is 3.49. The van der Waals surface area contributed by atoms with Crippen molar-refractivity contribution in [3.8, 4) is 5.75 Å². The third-order valence-corrected chi connectivity index (χ3v) is 6.68. The monoisotopic (exact) mass is 438 g/mol. The van der Waals surface area contributed by atoms with Crippen molar-refractivity contribution in [2.24, 2.45) is 0 Å². The highest BCUT2D eigenvalue weighted by Crippen LogP contribution is 2.46. The number of anilines is 1. The van der Waals surface area contributed by atoms with E-state index in [1.165, 1.54) is 25.7 Å². The lowest BCUT2D eigenvalue weighted by Crippen LogP contribution is -2.30. The minimum absolute atomic E-state index is 0.146. The van der Waals surface area contributed by atoms with Gasteiger partial charge in [0.05, 0.1) is 17.4 Å². The zero-order valence-corrected chi connectivity index (χ0v) is 18.0. The normalized spacial score (nSPS) is 21.9. The molecule has 1 saturated carbocycles. The topological polar surface area (TPSA) is 53.3 Å². The smallest absolute Gasteiger partial charge is 0.174 e. The second-order valence-electron chi connectivity index (χ2n) is 7.91. The van der Waals surface area contributed by atoms with Gasteiger partial charge in [0, 0.05) is 29.2 Å². The first-order chi connectivity index (χ1) is 14.6. The summed E-state index contributed by atoms with van der Waals surface area (Å²) in [6.45, 7) is 0. The van der Waals surface area contributed by atoms with Gasteiger partial charge in [-0.05, 0) is 67.5 Å². The Morgan fingerprint density at radius 3 is 2.70 bits per heavy atom. The summed E-state index contributed by atoms with van der Waals surface area (Å²) in [5, 5.41) is 15.2. The molecule has 1 aliphatic carbocycles. The fourth-order valence-electron chi connectivity index (χ4n) is 4.78. The minimum atomic E-state index is -0.160. The number of phenols is 1. The van der Waals surface area contributed by atoms with Gasteiger partial charge in [-0.25, -0.2) is 0 Å². The number of nitrogens with one attached hydrogen (secondary N) is 1. The Balaban J connectivity index is 1.66. The fourth-order valence-corrected chi connectivity index (χ4v) is 5.28. The molecule has 30 heavy (non-hydrogen) atoms. The Morgan fingerprint density at radius 2 is 1.93 bits per heavy atom. The second-order valence-corrected chi connectivity index (χ2v) is 8.73. The standard InChI is InChI=1S/C23H23ClN4OS/c24-15-10-11-20(29)19(14-15)28-22(18-9-5-13-27(18)16-6-1-2-7-16)21(26-23(28)30)17-8-3-4-12-25-17/h3-5,8-14,16,21-22,29H,1-2,6-7H2,(H,26,30)/t21-,22+/m0/s1. The number of benzene rings is 1. The molecule has 154 valence electrons. The lowest BCUT2D eigenvalue weighted by Gasteiger charge is -2.30. The highest BCUT2D eigenvalue weighted by Gasteiger charge is 2.43. The van der Waals surface area contributed by atoms with Crippen molar-refractivity contribution in [1.29, 1.82) is 0 Å². The van der Waals surface area contributed by atoms with Crippen LogP contribution in [0.15, 0.2) is 60.9 Å². The van der Waals surface area contributed by atoms with Crippen LogP contribution in [0.4, 0.5) is 5.69 Å². The van der Waals surface area contributed by atoms with Crippen molar-refractivity contribution in [3.63, 3.8) is 0 Å². The van der Waals surface area contributed by atoms with Gasteiger partial charge in [-0.15, -0.1) is 0 Å². The number of hydrogen-bond acceptors (Lipinski definition) is 3. The molecular formula is C23H23ClN4OS. The molecule has 0 radical (unpaired) electrons. The van der Waals surface area contributed by atoms with E-state index in [1.54, 1.807) is 24.4 Å². The molecule has 7 heteroatoms. The van der Waals surface area contributed by atoms with Gasteiger partial charge in [-0.3, -0.25) is 4.98 Å². The minimum Gasteiger partial charge on any atom is -0.506 e. The molecule has 3 aromatic rings. The molecule has 1 aliphatic heterocycles. The Morgan fingerprint density at radius 1 is 1.10 bits per heavy atom. The summed E-state index contributed by atoms with van der Waals surface area (Å²) in [5.41, 5.74) is 2.67. The van der Waals surface area contributed by atoms with Crippen LogP contribution in [-0.2, 0) is 0 Å². The number of nitrogens with zero attached hydrogens (tertiary/aromatic N) is 3. The summed E-state index contributed by atoms with van der Waals surface area (Å²) in [6.07, 6.45) is 8.84. The molecule has 2 N–H and O–H groups in total. The van der Waals surface area contributed by atoms with Gasteiger partial charge in [-0.1, -0.05) is 30.5 Å². The second kappa shape index (κ2) is 7.93. The lowest BCUT2D eigenvalue weighted by atomic mass is 10.00. The van der Waals surface area contributed by atoms with Gasteiger partial charge < -0.3 is 19.9 Å². The van der Waals surface area contributed by atoms with E-state index in [-0.39, 0.29) is 17.8 Å². The number of phenolic OH excluding ortho intramolecular Hbond substituents is 1. The molecule has 1 aromatic carbocycles. The van der Waals surface area contributed by atoms with Crippen LogP contribution in [0, 0.1) is 0 Å². The van der Waals surface area contributed by atoms with Crippen molar-refractivity contribution in [2.75, 3.05) is 4.90 Å². The molecule has 0 bridgehead atoms. The number of aromatic hydroxyl groups is 1. The molecule has 2 atom stereocenters. The highest BCUT2D eigenvalue weighted by atomic mass is 35.5. The maximum atomic E-state index is 10.7. The van der Waals surface area contributed by atoms with Crippen molar-refractivity contribution in [3.05, 3.63) is 77.3 Å². The zero-order chi connectivity index (χ0) is 20.7. The van der Waals surface area contributed by atoms with E-state index in [9.17, 15) is 5.11 Å². The Labute approximate surface area is 186 Å². The van der Waals surface area contributed by atoms with E-state index in [0.29, 0.717) is 21.9 Å². The quantitative estimate of drug-likeness (QED) is 0.524. The SMILES string of the molecule is Oc1ccc(Cl)cc1N1C(=S)N[C@@H](c2ccccn2)[C@H]1c1cccn1C1CCCC1. The summed E-state index contributed by atoms with van der Waals surface area (Å²) in [7, 11) is 0. The van der Waals surface area contributed by atoms with Crippen LogP contribution in [0.1, 0.15) is 55.2 Å². The third kappa shape index (κ3) is 3.34. The number of hydrogen-bond donors (Lipinski definition) is 2. The van der Waals surface area contributed by atoms with Gasteiger partial charge in [0.1, 0.15) is 11.8 Å². The largest absolute Gasteiger partial charge is 0.506 e. The van der Waals surface area contributed by atoms with Gasteiger partial charge in [0.25, 0.3) is 0 Å². The first kappa shape index (κ1) is 19.4. The van der Waals surface area contributed by atoms with E-state index in [0.717, 1.165) is 11.4 Å². The summed E-state index contributed by atoms with van der Waals surface area (Å²) in [4.78, 5) is 6.59. The van der Waals surface area contributed by atoms with Crippen LogP contribution in [0.3, 0.4) is 0 Å². The van der Waals surface area contributed by atoms with Crippen LogP contribution in [0.25, 0.3) is 0 Å². The predicted octanol–water partition coefficient (Wildman–Crippen LogP) is 5.53. The van der Waals surface area contributed by atoms with Crippen molar-refractivity contribution >= 4 is 34.6 Å². The first-order valence-corrected chi connectivity index (χ1v) is 11.1. The summed E-state index contributed by atoms with van der Waals surface area (Å²) < 4.78 is 2.39. The zero-order valence-electron chi connectivity index (χ0n) is 16.4. The summed E-state index contributed by atoms with van der Waals surface area (Å²) in [6, 6.07) is 15.4. The van der Waals surface area contributed by atoms with Crippen LogP contribution in [0.2, 0.25) is 5.02 Å². The van der Waals surface area contributed by atoms with Gasteiger partial charge in [-0.2, -0.15) is 0 Å². The Bertz CT molecular complexity index is 1060. The van der Waals surface area contributed by atoms with Gasteiger partial charge in [0.2, 0.25) is 0 Å². The molecule has 2 fully saturated rings. The molecule has 1 saturated heterocycles. The lowest BCUT2D eigenvalue weighted by molar-refractivity contribution is 0.454. The molecule has 2 aromatic heterocycles. The van der Waals surface area contributed by atoms with E-state index in [2.05, 4.69) is 33.2 Å². The average molecular weight is 439 g/mol. The number of rotatable bonds is 4. The number of pyridine rings is 1. The van der Waals surface area contributed by atoms with Gasteiger partial charge in [0.15, 0.2) is 5.11 Å². The van der Waals surface area contributed by atoms with Crippen molar-refractivity contribution < 1.29 is 5.11 Å². The van der Waals surface area contributed by atoms with Crippen LogP contribution in [-0.4, -0.2) is 19.8 Å². The van der Waals surface area contributed by atoms with Crippen molar-refractivity contribution in [2.45, 2.75) is 43.8 Å². The Hall–Kier alpha value is -2.57. The highest BCUT2D eigenvalue weighted by molar-refractivity contribution is 7.80. The fraction of sp³-hybridized carbons (Fsp3) is 0.304. The summed E-state index contributed by atoms with van der Waals surface area (Å²) in [5.74, 6) is 0.147. The molecule has 0 unspecified atom stereocenters. The molecule has 5 nitrogen and oxygen atoms in total. The molecule has 0 spiro atoms. The molecular weight excluding hydrogens is 416 g/mol. The van der Waals surface area contributed by atoms with Crippen LogP contribution in [0.5, 0.6) is 5.75 Å². The van der Waals surface area contributed by atoms with Gasteiger partial charge >= 0.3 is 0 Å². The number of halogens is 1. The third-order valence-electron chi connectivity index (χ3n) is 6.13.